The Morgan fingerprint density at radius 2 is 2.05 bits per heavy atom. The van der Waals surface area contributed by atoms with Crippen LogP contribution in [-0.4, -0.2) is 10.9 Å². The summed E-state index contributed by atoms with van der Waals surface area (Å²) in [5, 5.41) is 5.02. The first kappa shape index (κ1) is 14.9. The van der Waals surface area contributed by atoms with Crippen LogP contribution < -0.4 is 5.32 Å². The number of amides is 1. The van der Waals surface area contributed by atoms with Crippen molar-refractivity contribution in [1.82, 2.24) is 10.3 Å². The Morgan fingerprint density at radius 3 is 2.82 bits per heavy atom. The van der Waals surface area contributed by atoms with E-state index in [9.17, 15) is 4.79 Å². The third-order valence-electron chi connectivity index (χ3n) is 3.45. The van der Waals surface area contributed by atoms with E-state index in [4.69, 9.17) is 0 Å². The third kappa shape index (κ3) is 3.43. The van der Waals surface area contributed by atoms with Gasteiger partial charge in [0, 0.05) is 11.4 Å². The van der Waals surface area contributed by atoms with Gasteiger partial charge >= 0.3 is 0 Å². The highest BCUT2D eigenvalue weighted by Gasteiger charge is 2.13. The Morgan fingerprint density at radius 1 is 1.18 bits per heavy atom. The third-order valence-corrected chi connectivity index (χ3v) is 5.16. The first-order valence-electron chi connectivity index (χ1n) is 7.01. The van der Waals surface area contributed by atoms with Crippen molar-refractivity contribution in [1.29, 1.82) is 0 Å². The van der Waals surface area contributed by atoms with E-state index in [1.807, 2.05) is 35.7 Å². The lowest BCUT2D eigenvalue weighted by molar-refractivity contribution is -0.120. The van der Waals surface area contributed by atoms with Crippen LogP contribution in [0.3, 0.4) is 0 Å². The monoisotopic (exact) mass is 328 g/mol. The summed E-state index contributed by atoms with van der Waals surface area (Å²) in [6.45, 7) is 2.62. The molecule has 2 aromatic heterocycles. The summed E-state index contributed by atoms with van der Waals surface area (Å²) in [5.74, 6) is 0.0327. The molecule has 1 aromatic carbocycles. The number of nitrogens with one attached hydrogen (secondary N) is 1. The lowest BCUT2D eigenvalue weighted by atomic mass is 10.1. The minimum atomic E-state index is 0.0327. The number of nitrogens with zero attached hydrogens (tertiary/aromatic N) is 1. The van der Waals surface area contributed by atoms with Crippen molar-refractivity contribution in [3.8, 4) is 10.6 Å². The molecule has 0 radical (unpaired) electrons. The topological polar surface area (TPSA) is 42.0 Å². The molecule has 1 N–H and O–H groups in total. The van der Waals surface area contributed by atoms with Crippen molar-refractivity contribution in [3.05, 3.63) is 63.3 Å². The molecule has 0 aliphatic carbocycles. The van der Waals surface area contributed by atoms with Gasteiger partial charge in [0.25, 0.3) is 0 Å². The van der Waals surface area contributed by atoms with Crippen LogP contribution in [0.25, 0.3) is 10.6 Å². The SMILES string of the molecule is Cc1ccccc1CNC(=O)Cc1scnc1-c1cccs1. The maximum Gasteiger partial charge on any atom is 0.225 e. The number of carbonyl (C=O) groups excluding carboxylic acids is 1. The number of thiazole rings is 1. The maximum absolute atomic E-state index is 12.2. The zero-order chi connectivity index (χ0) is 15.4. The van der Waals surface area contributed by atoms with Crippen LogP contribution in [-0.2, 0) is 17.8 Å². The van der Waals surface area contributed by atoms with Gasteiger partial charge in [0.05, 0.1) is 22.5 Å². The predicted molar refractivity (Wildman–Crippen MR) is 92.2 cm³/mol. The molecule has 0 spiro atoms. The minimum Gasteiger partial charge on any atom is -0.352 e. The van der Waals surface area contributed by atoms with Crippen LogP contribution in [0.5, 0.6) is 0 Å². The first-order valence-corrected chi connectivity index (χ1v) is 8.77. The quantitative estimate of drug-likeness (QED) is 0.768. The highest BCUT2D eigenvalue weighted by Crippen LogP contribution is 2.29. The fourth-order valence-electron chi connectivity index (χ4n) is 2.22. The molecule has 3 aromatic rings. The number of hydrogen-bond acceptors (Lipinski definition) is 4. The van der Waals surface area contributed by atoms with Gasteiger partial charge in [-0.3, -0.25) is 4.79 Å². The second-order valence-corrected chi connectivity index (χ2v) is 6.87. The van der Waals surface area contributed by atoms with E-state index in [-0.39, 0.29) is 5.91 Å². The van der Waals surface area contributed by atoms with E-state index in [0.717, 1.165) is 21.0 Å². The van der Waals surface area contributed by atoms with Gasteiger partial charge in [-0.15, -0.1) is 22.7 Å². The molecule has 3 rings (SSSR count). The summed E-state index contributed by atoms with van der Waals surface area (Å²) >= 11 is 3.18. The standard InChI is InChI=1S/C17H16N2OS2/c1-12-5-2-3-6-13(12)10-18-16(20)9-15-17(19-11-22-15)14-7-4-8-21-14/h2-8,11H,9-10H2,1H3,(H,18,20). The highest BCUT2D eigenvalue weighted by atomic mass is 32.1. The zero-order valence-corrected chi connectivity index (χ0v) is 13.8. The van der Waals surface area contributed by atoms with Gasteiger partial charge in [-0.25, -0.2) is 4.98 Å². The van der Waals surface area contributed by atoms with E-state index in [2.05, 4.69) is 23.3 Å². The second-order valence-electron chi connectivity index (χ2n) is 4.98. The molecular formula is C17H16N2OS2. The highest BCUT2D eigenvalue weighted by molar-refractivity contribution is 7.14. The van der Waals surface area contributed by atoms with Crippen molar-refractivity contribution in [2.24, 2.45) is 0 Å². The van der Waals surface area contributed by atoms with Gasteiger partial charge in [-0.05, 0) is 29.5 Å². The Kier molecular flexibility index (Phi) is 4.65. The van der Waals surface area contributed by atoms with E-state index in [1.165, 1.54) is 16.9 Å². The maximum atomic E-state index is 12.2. The molecule has 3 nitrogen and oxygen atoms in total. The summed E-state index contributed by atoms with van der Waals surface area (Å²) in [5.41, 5.74) is 5.09. The molecule has 0 saturated heterocycles. The molecule has 0 aliphatic rings. The molecule has 22 heavy (non-hydrogen) atoms. The van der Waals surface area contributed by atoms with Gasteiger partial charge in [0.2, 0.25) is 5.91 Å². The smallest absolute Gasteiger partial charge is 0.225 e. The van der Waals surface area contributed by atoms with E-state index < -0.39 is 0 Å². The fourth-order valence-corrected chi connectivity index (χ4v) is 3.81. The Bertz CT molecular complexity index is 763. The van der Waals surface area contributed by atoms with E-state index in [0.29, 0.717) is 13.0 Å². The summed E-state index contributed by atoms with van der Waals surface area (Å²) in [6.07, 6.45) is 0.379. The number of hydrogen-bond donors (Lipinski definition) is 1. The van der Waals surface area contributed by atoms with Crippen LogP contribution in [0, 0.1) is 6.92 Å². The Labute approximate surface area is 137 Å². The lowest BCUT2D eigenvalue weighted by Crippen LogP contribution is -2.24. The zero-order valence-electron chi connectivity index (χ0n) is 12.2. The lowest BCUT2D eigenvalue weighted by Gasteiger charge is -2.07. The van der Waals surface area contributed by atoms with Crippen molar-refractivity contribution in [2.45, 2.75) is 19.9 Å². The van der Waals surface area contributed by atoms with Gasteiger partial charge in [0.1, 0.15) is 0 Å². The summed E-state index contributed by atoms with van der Waals surface area (Å²) in [7, 11) is 0. The molecular weight excluding hydrogens is 312 g/mol. The molecule has 0 unspecified atom stereocenters. The second kappa shape index (κ2) is 6.85. The van der Waals surface area contributed by atoms with Crippen LogP contribution in [0.4, 0.5) is 0 Å². The van der Waals surface area contributed by atoms with Crippen LogP contribution in [0.1, 0.15) is 16.0 Å². The Balaban J connectivity index is 1.63. The molecule has 112 valence electrons. The number of aromatic nitrogens is 1. The summed E-state index contributed by atoms with van der Waals surface area (Å²) < 4.78 is 0. The summed E-state index contributed by atoms with van der Waals surface area (Å²) in [6, 6.07) is 12.1. The Hall–Kier alpha value is -1.98. The molecule has 0 bridgehead atoms. The number of thiophene rings is 1. The van der Waals surface area contributed by atoms with Gasteiger partial charge < -0.3 is 5.32 Å². The average Bonchev–Trinajstić information content (AvgIpc) is 3.17. The van der Waals surface area contributed by atoms with Crippen LogP contribution in [0.2, 0.25) is 0 Å². The molecule has 5 heteroatoms. The summed E-state index contributed by atoms with van der Waals surface area (Å²) in [4.78, 5) is 18.7. The molecule has 0 aliphatic heterocycles. The molecule has 1 amide bonds. The van der Waals surface area contributed by atoms with Crippen molar-refractivity contribution >= 4 is 28.6 Å². The van der Waals surface area contributed by atoms with Gasteiger partial charge in [-0.2, -0.15) is 0 Å². The number of carbonyl (C=O) groups is 1. The predicted octanol–water partition coefficient (Wildman–Crippen LogP) is 4.04. The van der Waals surface area contributed by atoms with E-state index in [1.54, 1.807) is 16.8 Å². The van der Waals surface area contributed by atoms with Gasteiger partial charge in [0.15, 0.2) is 0 Å². The molecule has 0 atom stereocenters. The fraction of sp³-hybridized carbons (Fsp3) is 0.176. The first-order chi connectivity index (χ1) is 10.7. The van der Waals surface area contributed by atoms with Crippen molar-refractivity contribution in [2.75, 3.05) is 0 Å². The number of benzene rings is 1. The van der Waals surface area contributed by atoms with Gasteiger partial charge in [-0.1, -0.05) is 30.3 Å². The molecule has 2 heterocycles. The normalized spacial score (nSPS) is 10.6. The minimum absolute atomic E-state index is 0.0327. The average molecular weight is 328 g/mol. The number of aryl methyl sites for hydroxylation is 1. The van der Waals surface area contributed by atoms with E-state index >= 15 is 0 Å². The largest absolute Gasteiger partial charge is 0.352 e. The number of rotatable bonds is 5. The van der Waals surface area contributed by atoms with Crippen LogP contribution >= 0.6 is 22.7 Å². The van der Waals surface area contributed by atoms with Crippen LogP contribution in [0.15, 0.2) is 47.3 Å². The molecule has 0 fully saturated rings. The molecule has 0 saturated carbocycles. The van der Waals surface area contributed by atoms with Crippen molar-refractivity contribution < 1.29 is 4.79 Å². The van der Waals surface area contributed by atoms with Crippen molar-refractivity contribution in [3.63, 3.8) is 0 Å².